The van der Waals surface area contributed by atoms with Crippen molar-refractivity contribution in [1.82, 2.24) is 4.98 Å². The van der Waals surface area contributed by atoms with Gasteiger partial charge >= 0.3 is 0 Å². The predicted molar refractivity (Wildman–Crippen MR) is 74.7 cm³/mol. The van der Waals surface area contributed by atoms with Crippen molar-refractivity contribution in [2.75, 3.05) is 11.9 Å². The summed E-state index contributed by atoms with van der Waals surface area (Å²) >= 11 is 0. The van der Waals surface area contributed by atoms with Crippen LogP contribution in [0.3, 0.4) is 0 Å². The quantitative estimate of drug-likeness (QED) is 0.886. The standard InChI is InChI=1S/C15H19FN2/c1-5-13-10(4)14(17-6-2)11-7-8-12(16)9(3)15(11)18-13/h7-8H,5-6H2,1-4H3,(H,17,18). The predicted octanol–water partition coefficient (Wildman–Crippen LogP) is 3.98. The molecule has 0 bridgehead atoms. The maximum Gasteiger partial charge on any atom is 0.128 e. The molecular formula is C15H19FN2. The van der Waals surface area contributed by atoms with E-state index in [0.29, 0.717) is 5.56 Å². The molecule has 0 saturated carbocycles. The highest BCUT2D eigenvalue weighted by molar-refractivity contribution is 5.95. The zero-order chi connectivity index (χ0) is 13.3. The van der Waals surface area contributed by atoms with Crippen molar-refractivity contribution in [2.24, 2.45) is 0 Å². The summed E-state index contributed by atoms with van der Waals surface area (Å²) in [5.74, 6) is -0.191. The first-order valence-corrected chi connectivity index (χ1v) is 6.42. The van der Waals surface area contributed by atoms with Gasteiger partial charge in [-0.1, -0.05) is 6.92 Å². The fourth-order valence-corrected chi connectivity index (χ4v) is 2.34. The van der Waals surface area contributed by atoms with Crippen LogP contribution in [0.1, 0.15) is 30.7 Å². The van der Waals surface area contributed by atoms with Gasteiger partial charge < -0.3 is 5.32 Å². The molecule has 0 atom stereocenters. The van der Waals surface area contributed by atoms with E-state index in [1.54, 1.807) is 6.92 Å². The molecular weight excluding hydrogens is 227 g/mol. The van der Waals surface area contributed by atoms with Crippen molar-refractivity contribution in [3.05, 3.63) is 34.8 Å². The summed E-state index contributed by atoms with van der Waals surface area (Å²) in [6.45, 7) is 8.84. The minimum Gasteiger partial charge on any atom is -0.385 e. The number of aromatic nitrogens is 1. The SMILES string of the molecule is CCNc1c(C)c(CC)nc2c(C)c(F)ccc12. The van der Waals surface area contributed by atoms with Crippen LogP contribution in [-0.4, -0.2) is 11.5 Å². The Bertz CT molecular complexity index is 591. The summed E-state index contributed by atoms with van der Waals surface area (Å²) < 4.78 is 13.6. The Morgan fingerprint density at radius 2 is 1.89 bits per heavy atom. The highest BCUT2D eigenvalue weighted by atomic mass is 19.1. The number of pyridine rings is 1. The molecule has 1 aromatic carbocycles. The van der Waals surface area contributed by atoms with Crippen LogP contribution in [-0.2, 0) is 6.42 Å². The average molecular weight is 246 g/mol. The molecule has 96 valence electrons. The van der Waals surface area contributed by atoms with Crippen molar-refractivity contribution in [1.29, 1.82) is 0 Å². The molecule has 1 heterocycles. The minimum absolute atomic E-state index is 0.191. The maximum atomic E-state index is 13.6. The Morgan fingerprint density at radius 1 is 1.17 bits per heavy atom. The Hall–Kier alpha value is -1.64. The molecule has 0 aliphatic heterocycles. The highest BCUT2D eigenvalue weighted by Crippen LogP contribution is 2.30. The third kappa shape index (κ3) is 1.94. The number of hydrogen-bond acceptors (Lipinski definition) is 2. The lowest BCUT2D eigenvalue weighted by molar-refractivity contribution is 0.620. The van der Waals surface area contributed by atoms with Gasteiger partial charge in [-0.2, -0.15) is 0 Å². The lowest BCUT2D eigenvalue weighted by atomic mass is 10.0. The second kappa shape index (κ2) is 4.92. The van der Waals surface area contributed by atoms with E-state index in [4.69, 9.17) is 0 Å². The molecule has 2 rings (SSSR count). The van der Waals surface area contributed by atoms with Crippen molar-refractivity contribution in [3.63, 3.8) is 0 Å². The fraction of sp³-hybridized carbons (Fsp3) is 0.400. The van der Waals surface area contributed by atoms with Crippen LogP contribution in [0.25, 0.3) is 10.9 Å². The summed E-state index contributed by atoms with van der Waals surface area (Å²) in [6, 6.07) is 3.33. The Balaban J connectivity index is 2.85. The van der Waals surface area contributed by atoms with E-state index in [1.165, 1.54) is 6.07 Å². The van der Waals surface area contributed by atoms with Gasteiger partial charge in [-0.05, 0) is 44.9 Å². The molecule has 1 N–H and O–H groups in total. The second-order valence-corrected chi connectivity index (χ2v) is 4.51. The van der Waals surface area contributed by atoms with Gasteiger partial charge in [-0.25, -0.2) is 4.39 Å². The van der Waals surface area contributed by atoms with E-state index in [-0.39, 0.29) is 5.82 Å². The Labute approximate surface area is 107 Å². The summed E-state index contributed by atoms with van der Waals surface area (Å²) in [7, 11) is 0. The van der Waals surface area contributed by atoms with Gasteiger partial charge in [0.2, 0.25) is 0 Å². The van der Waals surface area contributed by atoms with Crippen LogP contribution < -0.4 is 5.32 Å². The topological polar surface area (TPSA) is 24.9 Å². The summed E-state index contributed by atoms with van der Waals surface area (Å²) in [5.41, 5.74) is 4.68. The van der Waals surface area contributed by atoms with E-state index >= 15 is 0 Å². The monoisotopic (exact) mass is 246 g/mol. The van der Waals surface area contributed by atoms with Crippen LogP contribution in [0.5, 0.6) is 0 Å². The molecule has 0 saturated heterocycles. The van der Waals surface area contributed by atoms with E-state index in [2.05, 4.69) is 31.1 Å². The summed E-state index contributed by atoms with van der Waals surface area (Å²) in [5, 5.41) is 4.38. The van der Waals surface area contributed by atoms with Crippen LogP contribution in [0.2, 0.25) is 0 Å². The normalized spacial score (nSPS) is 10.9. The van der Waals surface area contributed by atoms with Crippen LogP contribution in [0.15, 0.2) is 12.1 Å². The fourth-order valence-electron chi connectivity index (χ4n) is 2.34. The van der Waals surface area contributed by atoms with E-state index in [0.717, 1.165) is 40.8 Å². The van der Waals surface area contributed by atoms with E-state index in [1.807, 2.05) is 6.07 Å². The van der Waals surface area contributed by atoms with E-state index in [9.17, 15) is 4.39 Å². The Kier molecular flexibility index (Phi) is 3.50. The number of aryl methyl sites for hydroxylation is 2. The third-order valence-electron chi connectivity index (χ3n) is 3.38. The van der Waals surface area contributed by atoms with Gasteiger partial charge in [0.05, 0.1) is 5.52 Å². The van der Waals surface area contributed by atoms with Gasteiger partial charge in [-0.15, -0.1) is 0 Å². The molecule has 0 unspecified atom stereocenters. The first-order valence-electron chi connectivity index (χ1n) is 6.42. The summed E-state index contributed by atoms with van der Waals surface area (Å²) in [6.07, 6.45) is 0.857. The summed E-state index contributed by atoms with van der Waals surface area (Å²) in [4.78, 5) is 4.62. The van der Waals surface area contributed by atoms with Crippen molar-refractivity contribution < 1.29 is 4.39 Å². The largest absolute Gasteiger partial charge is 0.385 e. The van der Waals surface area contributed by atoms with E-state index < -0.39 is 0 Å². The van der Waals surface area contributed by atoms with Crippen molar-refractivity contribution in [2.45, 2.75) is 34.1 Å². The average Bonchev–Trinajstić information content (AvgIpc) is 2.37. The van der Waals surface area contributed by atoms with Crippen LogP contribution in [0.4, 0.5) is 10.1 Å². The number of benzene rings is 1. The van der Waals surface area contributed by atoms with Gasteiger partial charge in [0.15, 0.2) is 0 Å². The molecule has 18 heavy (non-hydrogen) atoms. The van der Waals surface area contributed by atoms with Crippen molar-refractivity contribution in [3.8, 4) is 0 Å². The maximum absolute atomic E-state index is 13.6. The molecule has 2 nitrogen and oxygen atoms in total. The Morgan fingerprint density at radius 3 is 2.50 bits per heavy atom. The minimum atomic E-state index is -0.191. The number of anilines is 1. The molecule has 0 radical (unpaired) electrons. The number of fused-ring (bicyclic) bond motifs is 1. The van der Waals surface area contributed by atoms with Gasteiger partial charge in [0.1, 0.15) is 5.82 Å². The molecule has 0 fully saturated rings. The lowest BCUT2D eigenvalue weighted by Gasteiger charge is -2.16. The van der Waals surface area contributed by atoms with Gasteiger partial charge in [0, 0.05) is 28.9 Å². The number of nitrogens with one attached hydrogen (secondary N) is 1. The van der Waals surface area contributed by atoms with Gasteiger partial charge in [0.25, 0.3) is 0 Å². The zero-order valence-corrected chi connectivity index (χ0v) is 11.4. The molecule has 1 aromatic heterocycles. The van der Waals surface area contributed by atoms with Gasteiger partial charge in [-0.3, -0.25) is 4.98 Å². The molecule has 0 aliphatic carbocycles. The lowest BCUT2D eigenvalue weighted by Crippen LogP contribution is -2.05. The first kappa shape index (κ1) is 12.8. The smallest absolute Gasteiger partial charge is 0.128 e. The zero-order valence-electron chi connectivity index (χ0n) is 11.4. The number of nitrogens with zero attached hydrogens (tertiary/aromatic N) is 1. The second-order valence-electron chi connectivity index (χ2n) is 4.51. The number of rotatable bonds is 3. The van der Waals surface area contributed by atoms with Crippen molar-refractivity contribution >= 4 is 16.6 Å². The molecule has 0 aliphatic rings. The first-order chi connectivity index (χ1) is 8.60. The molecule has 0 amide bonds. The molecule has 0 spiro atoms. The number of halogens is 1. The van der Waals surface area contributed by atoms with Crippen LogP contribution >= 0.6 is 0 Å². The molecule has 3 heteroatoms. The highest BCUT2D eigenvalue weighted by Gasteiger charge is 2.13. The third-order valence-corrected chi connectivity index (χ3v) is 3.38. The number of hydrogen-bond donors (Lipinski definition) is 1. The molecule has 2 aromatic rings. The van der Waals surface area contributed by atoms with Crippen LogP contribution in [0, 0.1) is 19.7 Å².